The van der Waals surface area contributed by atoms with E-state index in [4.69, 9.17) is 4.74 Å². The Kier molecular flexibility index (Phi) is 3.73. The summed E-state index contributed by atoms with van der Waals surface area (Å²) in [6.45, 7) is 2.06. The molecule has 0 N–H and O–H groups in total. The predicted octanol–water partition coefficient (Wildman–Crippen LogP) is 3.07. The highest BCUT2D eigenvalue weighted by atomic mass is 16.5. The first-order valence-corrected chi connectivity index (χ1v) is 8.97. The minimum Gasteiger partial charge on any atom is -0.497 e. The molecule has 0 spiro atoms. The van der Waals surface area contributed by atoms with Crippen molar-refractivity contribution in [1.82, 2.24) is 24.5 Å². The fourth-order valence-electron chi connectivity index (χ4n) is 3.45. The summed E-state index contributed by atoms with van der Waals surface area (Å²) < 4.78 is 9.32. The Labute approximate surface area is 162 Å². The van der Waals surface area contributed by atoms with E-state index in [1.807, 2.05) is 47.4 Å². The van der Waals surface area contributed by atoms with E-state index in [2.05, 4.69) is 44.7 Å². The lowest BCUT2D eigenvalue weighted by Crippen LogP contribution is -2.03. The van der Waals surface area contributed by atoms with E-state index in [-0.39, 0.29) is 0 Å². The van der Waals surface area contributed by atoms with Crippen LogP contribution in [-0.2, 0) is 6.42 Å². The lowest BCUT2D eigenvalue weighted by Gasteiger charge is -2.11. The highest BCUT2D eigenvalue weighted by Gasteiger charge is 2.23. The number of fused-ring (bicyclic) bond motifs is 5. The second-order valence-electron chi connectivity index (χ2n) is 6.64. The number of aromatic nitrogens is 5. The van der Waals surface area contributed by atoms with Crippen LogP contribution in [0.4, 0.5) is 0 Å². The van der Waals surface area contributed by atoms with Crippen molar-refractivity contribution in [3.05, 3.63) is 83.2 Å². The van der Waals surface area contributed by atoms with Gasteiger partial charge in [-0.2, -0.15) is 0 Å². The molecule has 6 nitrogen and oxygen atoms in total. The minimum atomic E-state index is 0.641. The first kappa shape index (κ1) is 16.3. The second-order valence-corrected chi connectivity index (χ2v) is 6.64. The van der Waals surface area contributed by atoms with Crippen LogP contribution < -0.4 is 4.74 Å². The van der Waals surface area contributed by atoms with Crippen LogP contribution in [-0.4, -0.2) is 31.7 Å². The van der Waals surface area contributed by atoms with Crippen LogP contribution in [0.5, 0.6) is 5.75 Å². The number of imidazole rings is 1. The summed E-state index contributed by atoms with van der Waals surface area (Å²) in [5.41, 5.74) is 6.80. The van der Waals surface area contributed by atoms with Crippen molar-refractivity contribution in [1.29, 1.82) is 0 Å². The van der Waals surface area contributed by atoms with Crippen molar-refractivity contribution in [2.45, 2.75) is 13.3 Å². The van der Waals surface area contributed by atoms with Crippen LogP contribution in [0.15, 0.2) is 55.0 Å². The number of aryl methyl sites for hydroxylation is 1. The zero-order valence-electron chi connectivity index (χ0n) is 15.5. The monoisotopic (exact) mass is 367 g/mol. The van der Waals surface area contributed by atoms with Gasteiger partial charge in [0.1, 0.15) is 17.8 Å². The Morgan fingerprint density at radius 2 is 1.96 bits per heavy atom. The summed E-state index contributed by atoms with van der Waals surface area (Å²) in [6, 6.07) is 14.0. The van der Waals surface area contributed by atoms with Gasteiger partial charge in [-0.15, -0.1) is 5.10 Å². The summed E-state index contributed by atoms with van der Waals surface area (Å²) in [5.74, 6) is 7.29. The lowest BCUT2D eigenvalue weighted by atomic mass is 10.1. The minimum absolute atomic E-state index is 0.641. The SMILES string of the molecule is COc1ccc2c(c1)-n1nncc1Cc1c(C#Cc3ccccc3C)ncn1-2. The van der Waals surface area contributed by atoms with Crippen molar-refractivity contribution in [3.8, 4) is 29.0 Å². The number of ether oxygens (including phenoxy) is 1. The normalized spacial score (nSPS) is 11.5. The maximum absolute atomic E-state index is 5.40. The van der Waals surface area contributed by atoms with E-state index >= 15 is 0 Å². The average Bonchev–Trinajstić information content (AvgIpc) is 3.32. The van der Waals surface area contributed by atoms with Crippen LogP contribution in [0.25, 0.3) is 11.4 Å². The number of methoxy groups -OCH3 is 1. The molecule has 6 heteroatoms. The van der Waals surface area contributed by atoms with E-state index in [0.29, 0.717) is 6.42 Å². The van der Waals surface area contributed by atoms with Gasteiger partial charge >= 0.3 is 0 Å². The molecule has 5 rings (SSSR count). The van der Waals surface area contributed by atoms with Gasteiger partial charge in [0.25, 0.3) is 0 Å². The van der Waals surface area contributed by atoms with E-state index in [1.165, 1.54) is 0 Å². The molecule has 0 aliphatic carbocycles. The summed E-state index contributed by atoms with van der Waals surface area (Å²) >= 11 is 0. The lowest BCUT2D eigenvalue weighted by molar-refractivity contribution is 0.414. The molecule has 0 amide bonds. The van der Waals surface area contributed by atoms with Gasteiger partial charge < -0.3 is 4.74 Å². The van der Waals surface area contributed by atoms with Gasteiger partial charge in [-0.05, 0) is 36.6 Å². The molecule has 0 fully saturated rings. The molecule has 3 heterocycles. The van der Waals surface area contributed by atoms with Crippen LogP contribution in [0.1, 0.15) is 28.2 Å². The number of benzene rings is 2. The third-order valence-corrected chi connectivity index (χ3v) is 4.97. The van der Waals surface area contributed by atoms with Gasteiger partial charge in [-0.3, -0.25) is 4.57 Å². The summed E-state index contributed by atoms with van der Waals surface area (Å²) in [4.78, 5) is 4.59. The zero-order valence-corrected chi connectivity index (χ0v) is 15.5. The van der Waals surface area contributed by atoms with Gasteiger partial charge in [0.05, 0.1) is 36.1 Å². The molecule has 2 aromatic heterocycles. The molecular weight excluding hydrogens is 350 g/mol. The number of hydrogen-bond donors (Lipinski definition) is 0. The number of hydrogen-bond acceptors (Lipinski definition) is 4. The maximum atomic E-state index is 5.40. The fraction of sp³-hybridized carbons (Fsp3) is 0.136. The first-order chi connectivity index (χ1) is 13.7. The Bertz CT molecular complexity index is 1260. The highest BCUT2D eigenvalue weighted by molar-refractivity contribution is 5.59. The van der Waals surface area contributed by atoms with Crippen molar-refractivity contribution >= 4 is 0 Å². The van der Waals surface area contributed by atoms with E-state index in [0.717, 1.165) is 45.3 Å². The van der Waals surface area contributed by atoms with Gasteiger partial charge in [0.15, 0.2) is 0 Å². The molecule has 0 unspecified atom stereocenters. The average molecular weight is 367 g/mol. The van der Waals surface area contributed by atoms with Crippen molar-refractivity contribution in [3.63, 3.8) is 0 Å². The van der Waals surface area contributed by atoms with Crippen molar-refractivity contribution in [2.24, 2.45) is 0 Å². The Morgan fingerprint density at radius 3 is 2.82 bits per heavy atom. The number of nitrogens with zero attached hydrogens (tertiary/aromatic N) is 5. The quantitative estimate of drug-likeness (QED) is 0.427. The van der Waals surface area contributed by atoms with Crippen molar-refractivity contribution in [2.75, 3.05) is 7.11 Å². The Morgan fingerprint density at radius 1 is 1.07 bits per heavy atom. The van der Waals surface area contributed by atoms with Crippen LogP contribution in [0.2, 0.25) is 0 Å². The molecule has 2 aromatic carbocycles. The molecule has 1 aliphatic heterocycles. The molecule has 4 aromatic rings. The molecule has 136 valence electrons. The predicted molar refractivity (Wildman–Crippen MR) is 105 cm³/mol. The Balaban J connectivity index is 1.68. The number of rotatable bonds is 1. The molecule has 28 heavy (non-hydrogen) atoms. The summed E-state index contributed by atoms with van der Waals surface area (Å²) in [6.07, 6.45) is 4.24. The first-order valence-electron chi connectivity index (χ1n) is 8.97. The van der Waals surface area contributed by atoms with Crippen molar-refractivity contribution < 1.29 is 4.74 Å². The zero-order chi connectivity index (χ0) is 19.1. The van der Waals surface area contributed by atoms with Gasteiger partial charge in [-0.1, -0.05) is 29.3 Å². The molecule has 0 atom stereocenters. The molecular formula is C22H17N5O. The maximum Gasteiger partial charge on any atom is 0.135 e. The van der Waals surface area contributed by atoms with Crippen LogP contribution in [0, 0.1) is 18.8 Å². The molecule has 0 saturated heterocycles. The molecule has 1 aliphatic rings. The third kappa shape index (κ3) is 2.57. The standard InChI is InChI=1S/C22H17N5O/c1-15-5-3-4-6-16(15)7-9-19-21-11-17-13-24-25-27(17)22-12-18(28-2)8-10-20(22)26(21)14-23-19/h3-6,8,10,12-14H,11H2,1-2H3. The van der Waals surface area contributed by atoms with E-state index in [9.17, 15) is 0 Å². The topological polar surface area (TPSA) is 57.8 Å². The van der Waals surface area contributed by atoms with Crippen LogP contribution >= 0.6 is 0 Å². The highest BCUT2D eigenvalue weighted by Crippen LogP contribution is 2.31. The molecule has 0 bridgehead atoms. The fourth-order valence-corrected chi connectivity index (χ4v) is 3.45. The largest absolute Gasteiger partial charge is 0.497 e. The molecule has 0 radical (unpaired) electrons. The van der Waals surface area contributed by atoms with E-state index < -0.39 is 0 Å². The smallest absolute Gasteiger partial charge is 0.135 e. The third-order valence-electron chi connectivity index (χ3n) is 4.97. The Hall–Kier alpha value is -3.85. The second kappa shape index (κ2) is 6.39. The summed E-state index contributed by atoms with van der Waals surface area (Å²) in [7, 11) is 1.66. The molecule has 0 saturated carbocycles. The van der Waals surface area contributed by atoms with Gasteiger partial charge in [-0.25, -0.2) is 9.67 Å². The van der Waals surface area contributed by atoms with Gasteiger partial charge in [0.2, 0.25) is 0 Å². The van der Waals surface area contributed by atoms with Crippen LogP contribution in [0.3, 0.4) is 0 Å². The van der Waals surface area contributed by atoms with E-state index in [1.54, 1.807) is 13.3 Å². The van der Waals surface area contributed by atoms with Gasteiger partial charge in [0, 0.05) is 18.1 Å². The summed E-state index contributed by atoms with van der Waals surface area (Å²) in [5, 5.41) is 8.37.